The van der Waals surface area contributed by atoms with E-state index in [4.69, 9.17) is 0 Å². The summed E-state index contributed by atoms with van der Waals surface area (Å²) in [5, 5.41) is 2.88. The number of rotatable bonds is 8. The Hall–Kier alpha value is -3.37. The second-order valence-corrected chi connectivity index (χ2v) is 10.2. The number of aromatic nitrogens is 3. The highest BCUT2D eigenvalue weighted by Crippen LogP contribution is 2.30. The van der Waals surface area contributed by atoms with Gasteiger partial charge in [0.05, 0.1) is 10.6 Å². The van der Waals surface area contributed by atoms with E-state index in [-0.39, 0.29) is 16.1 Å². The van der Waals surface area contributed by atoms with Crippen molar-refractivity contribution < 1.29 is 17.2 Å². The lowest BCUT2D eigenvalue weighted by molar-refractivity contribution is 0.410. The summed E-state index contributed by atoms with van der Waals surface area (Å²) >= 11 is 0. The molecule has 0 aliphatic carbocycles. The minimum atomic E-state index is -3.65. The maximum Gasteiger partial charge on any atom is 0.273 e. The van der Waals surface area contributed by atoms with Crippen molar-refractivity contribution in [3.63, 3.8) is 0 Å². The summed E-state index contributed by atoms with van der Waals surface area (Å²) in [6.45, 7) is 6.39. The molecule has 7 nitrogen and oxygen atoms in total. The van der Waals surface area contributed by atoms with Crippen LogP contribution >= 0.6 is 0 Å². The molecular weight excluding hydrogens is 474 g/mol. The van der Waals surface area contributed by atoms with Crippen molar-refractivity contribution in [1.29, 1.82) is 0 Å². The van der Waals surface area contributed by atoms with Gasteiger partial charge in [-0.25, -0.2) is 26.7 Å². The van der Waals surface area contributed by atoms with Crippen LogP contribution in [-0.2, 0) is 10.0 Å². The van der Waals surface area contributed by atoms with E-state index in [1.807, 2.05) is 13.8 Å². The standard InChI is InChI=1S/C25H26F2N4O3S/c1-4-12-30(13-5-2)35(33,34)19-9-6-17(7-10-19)22-15-23(32)31-25(28-22)24(16(3)29-31)20-11-8-18(26)14-21(20)27/h6-11,14-15,29H,4-5,12-13H2,1-3H3. The van der Waals surface area contributed by atoms with Gasteiger partial charge in [0.1, 0.15) is 11.6 Å². The zero-order chi connectivity index (χ0) is 25.3. The molecule has 35 heavy (non-hydrogen) atoms. The number of nitrogens with one attached hydrogen (secondary N) is 1. The maximum atomic E-state index is 14.5. The lowest BCUT2D eigenvalue weighted by atomic mass is 10.1. The van der Waals surface area contributed by atoms with Crippen molar-refractivity contribution in [3.8, 4) is 22.4 Å². The summed E-state index contributed by atoms with van der Waals surface area (Å²) in [6.07, 6.45) is 1.41. The van der Waals surface area contributed by atoms with Crippen LogP contribution in [0.5, 0.6) is 0 Å². The number of hydrogen-bond donors (Lipinski definition) is 1. The van der Waals surface area contributed by atoms with Crippen molar-refractivity contribution in [3.05, 3.63) is 76.2 Å². The fraction of sp³-hybridized carbons (Fsp3) is 0.280. The van der Waals surface area contributed by atoms with Gasteiger partial charge in [-0.2, -0.15) is 4.31 Å². The largest absolute Gasteiger partial charge is 0.293 e. The van der Waals surface area contributed by atoms with Crippen LogP contribution < -0.4 is 5.56 Å². The first-order valence-corrected chi connectivity index (χ1v) is 12.8. The van der Waals surface area contributed by atoms with Crippen LogP contribution in [0, 0.1) is 18.6 Å². The molecule has 0 spiro atoms. The van der Waals surface area contributed by atoms with Crippen LogP contribution in [0.4, 0.5) is 8.78 Å². The first-order chi connectivity index (χ1) is 16.7. The third-order valence-electron chi connectivity index (χ3n) is 5.73. The van der Waals surface area contributed by atoms with Gasteiger partial charge in [0.2, 0.25) is 10.0 Å². The van der Waals surface area contributed by atoms with Gasteiger partial charge in [0.25, 0.3) is 5.56 Å². The summed E-state index contributed by atoms with van der Waals surface area (Å²) in [7, 11) is -3.65. The van der Waals surface area contributed by atoms with Gasteiger partial charge in [-0.05, 0) is 44.0 Å². The fourth-order valence-corrected chi connectivity index (χ4v) is 5.73. The van der Waals surface area contributed by atoms with Gasteiger partial charge < -0.3 is 0 Å². The van der Waals surface area contributed by atoms with Crippen LogP contribution in [0.1, 0.15) is 32.4 Å². The summed E-state index contributed by atoms with van der Waals surface area (Å²) in [4.78, 5) is 17.5. The summed E-state index contributed by atoms with van der Waals surface area (Å²) in [6, 6.07) is 10.7. The number of benzene rings is 2. The average Bonchev–Trinajstić information content (AvgIpc) is 3.15. The molecule has 2 aromatic heterocycles. The van der Waals surface area contributed by atoms with E-state index >= 15 is 0 Å². The molecule has 1 N–H and O–H groups in total. The number of fused-ring (bicyclic) bond motifs is 1. The Kier molecular flexibility index (Phi) is 6.86. The van der Waals surface area contributed by atoms with Gasteiger partial charge in [-0.1, -0.05) is 26.0 Å². The van der Waals surface area contributed by atoms with Gasteiger partial charge >= 0.3 is 0 Å². The number of halogens is 2. The molecule has 0 fully saturated rings. The fourth-order valence-electron chi connectivity index (χ4n) is 4.11. The van der Waals surface area contributed by atoms with Crippen LogP contribution in [0.2, 0.25) is 0 Å². The highest BCUT2D eigenvalue weighted by atomic mass is 32.2. The Labute approximate surface area is 202 Å². The quantitative estimate of drug-likeness (QED) is 0.378. The number of aryl methyl sites for hydroxylation is 1. The smallest absolute Gasteiger partial charge is 0.273 e. The van der Waals surface area contributed by atoms with Crippen LogP contribution in [0.3, 0.4) is 0 Å². The van der Waals surface area contributed by atoms with Gasteiger partial charge in [-0.15, -0.1) is 0 Å². The Morgan fingerprint density at radius 3 is 2.26 bits per heavy atom. The monoisotopic (exact) mass is 500 g/mol. The Bertz CT molecular complexity index is 1540. The average molecular weight is 501 g/mol. The Morgan fingerprint density at radius 1 is 1.00 bits per heavy atom. The Balaban J connectivity index is 1.79. The highest BCUT2D eigenvalue weighted by molar-refractivity contribution is 7.89. The first kappa shape index (κ1) is 24.7. The van der Waals surface area contributed by atoms with Crippen molar-refractivity contribution in [1.82, 2.24) is 18.9 Å². The number of aromatic amines is 1. The molecule has 10 heteroatoms. The van der Waals surface area contributed by atoms with Crippen molar-refractivity contribution in [2.45, 2.75) is 38.5 Å². The van der Waals surface area contributed by atoms with Gasteiger partial charge in [0.15, 0.2) is 5.65 Å². The molecule has 0 unspecified atom stereocenters. The summed E-state index contributed by atoms with van der Waals surface area (Å²) < 4.78 is 56.7. The third kappa shape index (κ3) is 4.63. The molecular formula is C25H26F2N4O3S. The molecule has 0 aliphatic rings. The zero-order valence-corrected chi connectivity index (χ0v) is 20.5. The van der Waals surface area contributed by atoms with Crippen LogP contribution in [0.15, 0.2) is 58.2 Å². The molecule has 0 amide bonds. The first-order valence-electron chi connectivity index (χ1n) is 11.4. The molecule has 4 aromatic rings. The zero-order valence-electron chi connectivity index (χ0n) is 19.7. The molecule has 0 saturated heterocycles. The molecule has 0 aliphatic heterocycles. The van der Waals surface area contributed by atoms with E-state index in [0.29, 0.717) is 48.4 Å². The minimum Gasteiger partial charge on any atom is -0.293 e. The van der Waals surface area contributed by atoms with Crippen molar-refractivity contribution in [2.75, 3.05) is 13.1 Å². The second-order valence-electron chi connectivity index (χ2n) is 8.30. The molecule has 2 aromatic carbocycles. The van der Waals surface area contributed by atoms with E-state index < -0.39 is 27.2 Å². The lowest BCUT2D eigenvalue weighted by Crippen LogP contribution is -2.32. The molecule has 0 bridgehead atoms. The molecule has 0 atom stereocenters. The highest BCUT2D eigenvalue weighted by Gasteiger charge is 2.23. The van der Waals surface area contributed by atoms with Crippen molar-refractivity contribution in [2.24, 2.45) is 0 Å². The van der Waals surface area contributed by atoms with Crippen molar-refractivity contribution >= 4 is 15.7 Å². The van der Waals surface area contributed by atoms with E-state index in [0.717, 1.165) is 12.1 Å². The number of H-pyrrole nitrogens is 1. The molecule has 0 radical (unpaired) electrons. The predicted octanol–water partition coefficient (Wildman–Crippen LogP) is 4.75. The van der Waals surface area contributed by atoms with E-state index in [1.165, 1.54) is 33.1 Å². The SMILES string of the molecule is CCCN(CCC)S(=O)(=O)c1ccc(-c2cc(=O)n3[nH]c(C)c(-c4ccc(F)cc4F)c3n2)cc1. The normalized spacial score (nSPS) is 12.1. The molecule has 2 heterocycles. The maximum absolute atomic E-state index is 14.5. The summed E-state index contributed by atoms with van der Waals surface area (Å²) in [5.41, 5.74) is 1.55. The molecule has 0 saturated carbocycles. The van der Waals surface area contributed by atoms with E-state index in [1.54, 1.807) is 19.1 Å². The van der Waals surface area contributed by atoms with Gasteiger partial charge in [0, 0.05) is 47.6 Å². The number of hydrogen-bond acceptors (Lipinski definition) is 4. The lowest BCUT2D eigenvalue weighted by Gasteiger charge is -2.21. The van der Waals surface area contributed by atoms with E-state index in [2.05, 4.69) is 10.1 Å². The Morgan fingerprint density at radius 2 is 1.66 bits per heavy atom. The van der Waals surface area contributed by atoms with Crippen LogP contribution in [0.25, 0.3) is 28.0 Å². The summed E-state index contributed by atoms with van der Waals surface area (Å²) in [5.74, 6) is -1.48. The van der Waals surface area contributed by atoms with Crippen LogP contribution in [-0.4, -0.2) is 40.4 Å². The molecule has 184 valence electrons. The number of nitrogens with zero attached hydrogens (tertiary/aromatic N) is 3. The second kappa shape index (κ2) is 9.71. The van der Waals surface area contributed by atoms with Gasteiger partial charge in [-0.3, -0.25) is 9.89 Å². The minimum absolute atomic E-state index is 0.111. The number of sulfonamides is 1. The predicted molar refractivity (Wildman–Crippen MR) is 131 cm³/mol. The topological polar surface area (TPSA) is 87.5 Å². The van der Waals surface area contributed by atoms with E-state index in [9.17, 15) is 22.0 Å². The third-order valence-corrected chi connectivity index (χ3v) is 7.64. The molecule has 4 rings (SSSR count).